The first kappa shape index (κ1) is 17.7. The van der Waals surface area contributed by atoms with Gasteiger partial charge in [-0.3, -0.25) is 0 Å². The zero-order chi connectivity index (χ0) is 20.2. The summed E-state index contributed by atoms with van der Waals surface area (Å²) < 4.78 is 2.73. The van der Waals surface area contributed by atoms with Gasteiger partial charge in [-0.1, -0.05) is 62.4 Å². The molecule has 0 saturated carbocycles. The highest BCUT2D eigenvalue weighted by atomic mass is 32.1. The number of hydrogen-bond donors (Lipinski definition) is 1. The summed E-state index contributed by atoms with van der Waals surface area (Å²) >= 11 is 1.90. The summed E-state index contributed by atoms with van der Waals surface area (Å²) in [5, 5.41) is 5.34. The van der Waals surface area contributed by atoms with E-state index in [9.17, 15) is 0 Å². The van der Waals surface area contributed by atoms with Gasteiger partial charge in [-0.2, -0.15) is 0 Å². The van der Waals surface area contributed by atoms with Crippen LogP contribution in [0.25, 0.3) is 53.1 Å². The lowest BCUT2D eigenvalue weighted by atomic mass is 9.98. The summed E-state index contributed by atoms with van der Waals surface area (Å²) in [5.41, 5.74) is 6.45. The zero-order valence-electron chi connectivity index (χ0n) is 17.2. The second kappa shape index (κ2) is 6.72. The van der Waals surface area contributed by atoms with Crippen LogP contribution >= 0.6 is 11.3 Å². The molecule has 0 aliphatic carbocycles. The maximum atomic E-state index is 3.60. The first-order valence-corrected chi connectivity index (χ1v) is 11.4. The molecular formula is C28H23NS. The van der Waals surface area contributed by atoms with Crippen molar-refractivity contribution in [3.63, 3.8) is 0 Å². The van der Waals surface area contributed by atoms with Crippen LogP contribution in [-0.2, 0) is 6.42 Å². The Morgan fingerprint density at radius 3 is 2.37 bits per heavy atom. The quantitative estimate of drug-likeness (QED) is 0.303. The molecule has 0 spiro atoms. The van der Waals surface area contributed by atoms with Gasteiger partial charge in [0.05, 0.1) is 0 Å². The molecule has 0 aliphatic heterocycles. The van der Waals surface area contributed by atoms with Crippen LogP contribution in [0, 0.1) is 5.92 Å². The van der Waals surface area contributed by atoms with E-state index in [0.29, 0.717) is 5.92 Å². The third kappa shape index (κ3) is 2.75. The van der Waals surface area contributed by atoms with Gasteiger partial charge in [-0.05, 0) is 59.4 Å². The number of aromatic amines is 1. The number of hydrogen-bond acceptors (Lipinski definition) is 1. The van der Waals surface area contributed by atoms with Crippen molar-refractivity contribution >= 4 is 53.3 Å². The highest BCUT2D eigenvalue weighted by molar-refractivity contribution is 7.26. The summed E-state index contributed by atoms with van der Waals surface area (Å²) in [5.74, 6) is 0.661. The maximum absolute atomic E-state index is 3.60. The summed E-state index contributed by atoms with van der Waals surface area (Å²) in [6.07, 6.45) is 1.11. The van der Waals surface area contributed by atoms with E-state index in [4.69, 9.17) is 0 Å². The van der Waals surface area contributed by atoms with Gasteiger partial charge in [-0.15, -0.1) is 11.3 Å². The molecule has 2 heterocycles. The Balaban J connectivity index is 1.58. The van der Waals surface area contributed by atoms with Gasteiger partial charge in [0, 0.05) is 42.0 Å². The van der Waals surface area contributed by atoms with Crippen molar-refractivity contribution < 1.29 is 0 Å². The van der Waals surface area contributed by atoms with Crippen LogP contribution < -0.4 is 0 Å². The van der Waals surface area contributed by atoms with E-state index in [1.165, 1.54) is 58.7 Å². The zero-order valence-corrected chi connectivity index (χ0v) is 18.0. The molecule has 0 unspecified atom stereocenters. The smallest absolute Gasteiger partial charge is 0.0465 e. The van der Waals surface area contributed by atoms with Gasteiger partial charge < -0.3 is 4.98 Å². The Bertz CT molecular complexity index is 1550. The normalized spacial score (nSPS) is 12.1. The molecule has 0 radical (unpaired) electrons. The molecule has 2 aromatic heterocycles. The Morgan fingerprint density at radius 1 is 0.733 bits per heavy atom. The standard InChI is InChI=1S/C28H23NS/c1-17(2)14-18-10-12-25-23(15-18)24-16-19(11-13-26(24)29-25)20-7-5-8-22-21-6-3-4-9-27(21)30-28(20)22/h3-13,15-17,29H,14H2,1-2H3. The Hall–Kier alpha value is -3.10. The fraction of sp³-hybridized carbons (Fsp3) is 0.143. The van der Waals surface area contributed by atoms with Gasteiger partial charge in [0.15, 0.2) is 0 Å². The second-order valence-corrected chi connectivity index (χ2v) is 9.70. The van der Waals surface area contributed by atoms with Crippen molar-refractivity contribution in [3.8, 4) is 11.1 Å². The average Bonchev–Trinajstić information content (AvgIpc) is 3.31. The average molecular weight is 406 g/mol. The first-order chi connectivity index (χ1) is 14.7. The molecule has 6 aromatic rings. The SMILES string of the molecule is CC(C)Cc1ccc2[nH]c3ccc(-c4cccc5c4sc4ccccc45)cc3c2c1. The van der Waals surface area contributed by atoms with E-state index >= 15 is 0 Å². The molecule has 0 bridgehead atoms. The summed E-state index contributed by atoms with van der Waals surface area (Å²) in [4.78, 5) is 3.60. The largest absolute Gasteiger partial charge is 0.355 e. The van der Waals surface area contributed by atoms with Gasteiger partial charge in [0.2, 0.25) is 0 Å². The third-order valence-corrected chi connectivity index (χ3v) is 7.24. The number of H-pyrrole nitrogens is 1. The molecule has 1 nitrogen and oxygen atoms in total. The molecule has 4 aromatic carbocycles. The number of aromatic nitrogens is 1. The highest BCUT2D eigenvalue weighted by Gasteiger charge is 2.12. The fourth-order valence-electron chi connectivity index (χ4n) is 4.68. The Labute approximate surface area is 180 Å². The lowest BCUT2D eigenvalue weighted by Gasteiger charge is -2.06. The predicted octanol–water partition coefficient (Wildman–Crippen LogP) is 8.55. The fourth-order valence-corrected chi connectivity index (χ4v) is 5.92. The molecule has 0 atom stereocenters. The van der Waals surface area contributed by atoms with Gasteiger partial charge >= 0.3 is 0 Å². The Morgan fingerprint density at radius 2 is 1.50 bits per heavy atom. The minimum atomic E-state index is 0.661. The molecule has 6 rings (SSSR count). The number of rotatable bonds is 3. The number of thiophene rings is 1. The van der Waals surface area contributed by atoms with Crippen LogP contribution in [0.1, 0.15) is 19.4 Å². The number of fused-ring (bicyclic) bond motifs is 6. The van der Waals surface area contributed by atoms with Crippen molar-refractivity contribution in [2.45, 2.75) is 20.3 Å². The van der Waals surface area contributed by atoms with E-state index in [0.717, 1.165) is 6.42 Å². The van der Waals surface area contributed by atoms with Gasteiger partial charge in [0.1, 0.15) is 0 Å². The van der Waals surface area contributed by atoms with Crippen molar-refractivity contribution in [1.29, 1.82) is 0 Å². The minimum absolute atomic E-state index is 0.661. The van der Waals surface area contributed by atoms with E-state index in [1.807, 2.05) is 11.3 Å². The molecule has 30 heavy (non-hydrogen) atoms. The van der Waals surface area contributed by atoms with Crippen LogP contribution in [0.5, 0.6) is 0 Å². The van der Waals surface area contributed by atoms with E-state index in [-0.39, 0.29) is 0 Å². The van der Waals surface area contributed by atoms with Crippen molar-refractivity contribution in [3.05, 3.63) is 84.4 Å². The maximum Gasteiger partial charge on any atom is 0.0465 e. The van der Waals surface area contributed by atoms with E-state index < -0.39 is 0 Å². The van der Waals surface area contributed by atoms with Crippen LogP contribution in [0.15, 0.2) is 78.9 Å². The second-order valence-electron chi connectivity index (χ2n) is 8.64. The molecular weight excluding hydrogens is 382 g/mol. The first-order valence-electron chi connectivity index (χ1n) is 10.6. The molecule has 0 aliphatic rings. The molecule has 146 valence electrons. The predicted molar refractivity (Wildman–Crippen MR) is 133 cm³/mol. The summed E-state index contributed by atoms with van der Waals surface area (Å²) in [6.45, 7) is 4.56. The summed E-state index contributed by atoms with van der Waals surface area (Å²) in [6, 6.07) is 29.2. The molecule has 0 amide bonds. The van der Waals surface area contributed by atoms with Crippen molar-refractivity contribution in [2.24, 2.45) is 5.92 Å². The van der Waals surface area contributed by atoms with Crippen LogP contribution in [0.2, 0.25) is 0 Å². The number of benzene rings is 4. The lowest BCUT2D eigenvalue weighted by molar-refractivity contribution is 0.648. The van der Waals surface area contributed by atoms with Gasteiger partial charge in [-0.25, -0.2) is 0 Å². The molecule has 1 N–H and O–H groups in total. The van der Waals surface area contributed by atoms with Gasteiger partial charge in [0.25, 0.3) is 0 Å². The minimum Gasteiger partial charge on any atom is -0.355 e. The highest BCUT2D eigenvalue weighted by Crippen LogP contribution is 2.40. The van der Waals surface area contributed by atoms with Crippen LogP contribution in [-0.4, -0.2) is 4.98 Å². The topological polar surface area (TPSA) is 15.8 Å². The molecule has 2 heteroatoms. The monoisotopic (exact) mass is 405 g/mol. The van der Waals surface area contributed by atoms with E-state index in [1.54, 1.807) is 0 Å². The number of nitrogens with one attached hydrogen (secondary N) is 1. The van der Waals surface area contributed by atoms with Crippen molar-refractivity contribution in [1.82, 2.24) is 4.98 Å². The molecule has 0 fully saturated rings. The van der Waals surface area contributed by atoms with E-state index in [2.05, 4.69) is 97.7 Å². The molecule has 0 saturated heterocycles. The van der Waals surface area contributed by atoms with Crippen molar-refractivity contribution in [2.75, 3.05) is 0 Å². The lowest BCUT2D eigenvalue weighted by Crippen LogP contribution is -1.93. The summed E-state index contributed by atoms with van der Waals surface area (Å²) in [7, 11) is 0. The van der Waals surface area contributed by atoms with Crippen LogP contribution in [0.3, 0.4) is 0 Å². The Kier molecular flexibility index (Phi) is 3.97. The third-order valence-electron chi connectivity index (χ3n) is 6.02. The van der Waals surface area contributed by atoms with Crippen LogP contribution in [0.4, 0.5) is 0 Å².